The first-order valence-corrected chi connectivity index (χ1v) is 9.37. The van der Waals surface area contributed by atoms with Crippen molar-refractivity contribution in [3.63, 3.8) is 0 Å². The van der Waals surface area contributed by atoms with E-state index in [1.165, 1.54) is 5.57 Å². The molecule has 2 N–H and O–H groups in total. The third-order valence-electron chi connectivity index (χ3n) is 4.28. The normalized spacial score (nSPS) is 13.8. The first-order valence-electron chi connectivity index (χ1n) is 9.37. The topological polar surface area (TPSA) is 49.3 Å². The molecule has 0 radical (unpaired) electrons. The minimum Gasteiger partial charge on any atom is -0.392 e. The van der Waals surface area contributed by atoms with Crippen LogP contribution in [-0.4, -0.2) is 11.0 Å². The molecule has 142 valence electrons. The van der Waals surface area contributed by atoms with E-state index >= 15 is 0 Å². The zero-order chi connectivity index (χ0) is 19.7. The van der Waals surface area contributed by atoms with Crippen LogP contribution in [0.3, 0.4) is 0 Å². The van der Waals surface area contributed by atoms with Crippen molar-refractivity contribution >= 4 is 5.91 Å². The number of carbonyl (C=O) groups is 1. The van der Waals surface area contributed by atoms with E-state index in [0.717, 1.165) is 23.1 Å². The van der Waals surface area contributed by atoms with Gasteiger partial charge in [-0.2, -0.15) is 0 Å². The van der Waals surface area contributed by atoms with Crippen LogP contribution in [0.4, 0.5) is 0 Å². The second-order valence-corrected chi connectivity index (χ2v) is 7.24. The fourth-order valence-electron chi connectivity index (χ4n) is 2.69. The van der Waals surface area contributed by atoms with Gasteiger partial charge in [0.15, 0.2) is 0 Å². The van der Waals surface area contributed by atoms with E-state index in [1.54, 1.807) is 0 Å². The fourth-order valence-corrected chi connectivity index (χ4v) is 2.69. The molecule has 1 amide bonds. The highest BCUT2D eigenvalue weighted by Crippen LogP contribution is 2.28. The predicted octanol–water partition coefficient (Wildman–Crippen LogP) is 4.99. The van der Waals surface area contributed by atoms with E-state index in [1.807, 2.05) is 57.2 Å². The van der Waals surface area contributed by atoms with E-state index in [9.17, 15) is 4.79 Å². The number of rotatable bonds is 4. The van der Waals surface area contributed by atoms with Gasteiger partial charge in [-0.15, -0.1) is 0 Å². The summed E-state index contributed by atoms with van der Waals surface area (Å²) >= 11 is 0. The summed E-state index contributed by atoms with van der Waals surface area (Å²) in [5.41, 5.74) is 5.06. The standard InChI is InChI=1S/C21H27NO2.C2H6/c1-15-12-16(14-23)8-9-18(15)13-22-20(24)17-6-5-7-19(11-10-17)21(2,3)4;1-2/h6-12,23H,5,13-14H2,1-4H3,(H,22,24);1-2H3. The number of amides is 1. The number of allylic oxidation sites excluding steroid dienone is 4. The Bertz CT molecular complexity index is 703. The first-order chi connectivity index (χ1) is 12.3. The molecule has 0 fully saturated rings. The SMILES string of the molecule is CC.Cc1cc(CO)ccc1CNC(=O)C1=CCC=C(C(C)(C)C)C=C1. The Kier molecular flexibility index (Phi) is 8.53. The number of hydrogen-bond donors (Lipinski definition) is 2. The van der Waals surface area contributed by atoms with Gasteiger partial charge in [-0.05, 0) is 47.1 Å². The Morgan fingerprint density at radius 3 is 2.42 bits per heavy atom. The molecule has 1 aromatic rings. The van der Waals surface area contributed by atoms with Crippen molar-refractivity contribution in [1.29, 1.82) is 0 Å². The van der Waals surface area contributed by atoms with Crippen LogP contribution in [0.1, 0.15) is 57.7 Å². The Morgan fingerprint density at radius 2 is 1.85 bits per heavy atom. The fraction of sp³-hybridized carbons (Fsp3) is 0.435. The molecule has 1 aliphatic rings. The van der Waals surface area contributed by atoms with Crippen molar-refractivity contribution in [2.24, 2.45) is 5.41 Å². The molecule has 0 aromatic heterocycles. The molecule has 1 aromatic carbocycles. The highest BCUT2D eigenvalue weighted by Gasteiger charge is 2.16. The van der Waals surface area contributed by atoms with Gasteiger partial charge < -0.3 is 10.4 Å². The Balaban J connectivity index is 0.00000163. The summed E-state index contributed by atoms with van der Waals surface area (Å²) in [7, 11) is 0. The van der Waals surface area contributed by atoms with Gasteiger partial charge in [0.2, 0.25) is 0 Å². The van der Waals surface area contributed by atoms with Crippen LogP contribution in [-0.2, 0) is 17.9 Å². The summed E-state index contributed by atoms with van der Waals surface area (Å²) < 4.78 is 0. The van der Waals surface area contributed by atoms with Gasteiger partial charge >= 0.3 is 0 Å². The van der Waals surface area contributed by atoms with Crippen molar-refractivity contribution in [2.75, 3.05) is 0 Å². The molecule has 2 rings (SSSR count). The Hall–Kier alpha value is -2.13. The molecule has 3 nitrogen and oxygen atoms in total. The second-order valence-electron chi connectivity index (χ2n) is 7.24. The molecule has 3 heteroatoms. The average Bonchev–Trinajstić information content (AvgIpc) is 2.88. The van der Waals surface area contributed by atoms with Crippen LogP contribution < -0.4 is 5.32 Å². The number of hydrogen-bond acceptors (Lipinski definition) is 2. The van der Waals surface area contributed by atoms with E-state index < -0.39 is 0 Å². The first kappa shape index (κ1) is 21.9. The third kappa shape index (κ3) is 6.30. The maximum Gasteiger partial charge on any atom is 0.251 e. The van der Waals surface area contributed by atoms with E-state index in [4.69, 9.17) is 5.11 Å². The van der Waals surface area contributed by atoms with Crippen molar-refractivity contribution in [3.8, 4) is 0 Å². The lowest BCUT2D eigenvalue weighted by atomic mass is 9.86. The molecule has 0 aliphatic heterocycles. The lowest BCUT2D eigenvalue weighted by Gasteiger charge is -2.19. The van der Waals surface area contributed by atoms with Crippen molar-refractivity contribution in [3.05, 3.63) is 70.3 Å². The van der Waals surface area contributed by atoms with Gasteiger partial charge in [0.05, 0.1) is 6.61 Å². The summed E-state index contributed by atoms with van der Waals surface area (Å²) in [4.78, 5) is 12.4. The molecule has 26 heavy (non-hydrogen) atoms. The van der Waals surface area contributed by atoms with Crippen molar-refractivity contribution in [2.45, 2.75) is 61.1 Å². The summed E-state index contributed by atoms with van der Waals surface area (Å²) in [6, 6.07) is 5.79. The number of carbonyl (C=O) groups excluding carboxylic acids is 1. The lowest BCUT2D eigenvalue weighted by molar-refractivity contribution is -0.117. The molecular weight excluding hydrogens is 322 g/mol. The molecule has 0 heterocycles. The zero-order valence-electron chi connectivity index (χ0n) is 17.0. The predicted molar refractivity (Wildman–Crippen MR) is 110 cm³/mol. The maximum atomic E-state index is 12.4. The van der Waals surface area contributed by atoms with Gasteiger partial charge in [0.25, 0.3) is 5.91 Å². The van der Waals surface area contributed by atoms with Gasteiger partial charge in [0.1, 0.15) is 0 Å². The van der Waals surface area contributed by atoms with Crippen LogP contribution in [0.15, 0.2) is 53.6 Å². The van der Waals surface area contributed by atoms with Crippen LogP contribution in [0, 0.1) is 12.3 Å². The van der Waals surface area contributed by atoms with Gasteiger partial charge in [0, 0.05) is 12.1 Å². The molecule has 1 aliphatic carbocycles. The summed E-state index contributed by atoms with van der Waals surface area (Å²) in [6.45, 7) is 13.0. The highest BCUT2D eigenvalue weighted by molar-refractivity contribution is 5.96. The van der Waals surface area contributed by atoms with Crippen LogP contribution in [0.2, 0.25) is 0 Å². The number of aryl methyl sites for hydroxylation is 1. The Morgan fingerprint density at radius 1 is 1.15 bits per heavy atom. The summed E-state index contributed by atoms with van der Waals surface area (Å²) in [6.07, 6.45) is 8.86. The van der Waals surface area contributed by atoms with Crippen molar-refractivity contribution in [1.82, 2.24) is 5.32 Å². The molecule has 0 spiro atoms. The quantitative estimate of drug-likeness (QED) is 0.799. The third-order valence-corrected chi connectivity index (χ3v) is 4.28. The van der Waals surface area contributed by atoms with Gasteiger partial charge in [-0.25, -0.2) is 0 Å². The van der Waals surface area contributed by atoms with Crippen LogP contribution >= 0.6 is 0 Å². The number of aliphatic hydroxyl groups is 1. The molecule has 0 saturated heterocycles. The van der Waals surface area contributed by atoms with E-state index in [-0.39, 0.29) is 17.9 Å². The number of nitrogens with one attached hydrogen (secondary N) is 1. The van der Waals surface area contributed by atoms with Crippen LogP contribution in [0.25, 0.3) is 0 Å². The van der Waals surface area contributed by atoms with E-state index in [0.29, 0.717) is 12.1 Å². The lowest BCUT2D eigenvalue weighted by Crippen LogP contribution is -2.24. The zero-order valence-corrected chi connectivity index (χ0v) is 17.0. The second kappa shape index (κ2) is 10.1. The van der Waals surface area contributed by atoms with Gasteiger partial charge in [-0.1, -0.05) is 71.0 Å². The molecule has 0 bridgehead atoms. The molecule has 0 unspecified atom stereocenters. The monoisotopic (exact) mass is 355 g/mol. The number of aliphatic hydroxyl groups excluding tert-OH is 1. The highest BCUT2D eigenvalue weighted by atomic mass is 16.3. The largest absolute Gasteiger partial charge is 0.392 e. The van der Waals surface area contributed by atoms with Crippen molar-refractivity contribution < 1.29 is 9.90 Å². The minimum atomic E-state index is -0.0551. The Labute approximate surface area is 158 Å². The van der Waals surface area contributed by atoms with Gasteiger partial charge in [-0.3, -0.25) is 4.79 Å². The smallest absolute Gasteiger partial charge is 0.251 e. The summed E-state index contributed by atoms with van der Waals surface area (Å²) in [5.74, 6) is -0.0551. The average molecular weight is 356 g/mol. The number of benzene rings is 1. The van der Waals surface area contributed by atoms with E-state index in [2.05, 4.69) is 32.2 Å². The molecule has 0 atom stereocenters. The maximum absolute atomic E-state index is 12.4. The van der Waals surface area contributed by atoms with Crippen LogP contribution in [0.5, 0.6) is 0 Å². The molecule has 0 saturated carbocycles. The molecular formula is C23H33NO2. The minimum absolute atomic E-state index is 0.0360. The summed E-state index contributed by atoms with van der Waals surface area (Å²) in [5, 5.41) is 12.1.